The van der Waals surface area contributed by atoms with E-state index >= 15 is 0 Å². The van der Waals surface area contributed by atoms with E-state index in [-0.39, 0.29) is 0 Å². The Balaban J connectivity index is 1.57. The predicted molar refractivity (Wildman–Crippen MR) is 78.7 cm³/mol. The first-order valence-corrected chi connectivity index (χ1v) is 7.70. The zero-order chi connectivity index (χ0) is 12.6. The van der Waals surface area contributed by atoms with Crippen LogP contribution in [0.4, 0.5) is 0 Å². The highest BCUT2D eigenvalue weighted by Crippen LogP contribution is 2.17. The quantitative estimate of drug-likeness (QED) is 0.805. The van der Waals surface area contributed by atoms with Crippen LogP contribution in [0.5, 0.6) is 0 Å². The summed E-state index contributed by atoms with van der Waals surface area (Å²) in [5, 5.41) is 3.59. The molecule has 0 bridgehead atoms. The summed E-state index contributed by atoms with van der Waals surface area (Å²) in [5.74, 6) is 0. The zero-order valence-electron chi connectivity index (χ0n) is 10.8. The third kappa shape index (κ3) is 4.71. The summed E-state index contributed by atoms with van der Waals surface area (Å²) >= 11 is 3.53. The molecule has 1 aromatic carbocycles. The van der Waals surface area contributed by atoms with Crippen molar-refractivity contribution in [3.8, 4) is 0 Å². The van der Waals surface area contributed by atoms with E-state index in [1.165, 1.54) is 37.7 Å². The van der Waals surface area contributed by atoms with Gasteiger partial charge >= 0.3 is 0 Å². The number of benzene rings is 1. The Hall–Kier alpha value is -0.380. The SMILES string of the molecule is Brc1ccccc1COCCNC1CCCCC1. The maximum Gasteiger partial charge on any atom is 0.0728 e. The molecule has 100 valence electrons. The topological polar surface area (TPSA) is 21.3 Å². The molecule has 0 aliphatic heterocycles. The lowest BCUT2D eigenvalue weighted by Gasteiger charge is -2.22. The molecule has 0 spiro atoms. The van der Waals surface area contributed by atoms with Gasteiger partial charge in [-0.15, -0.1) is 0 Å². The van der Waals surface area contributed by atoms with Crippen molar-refractivity contribution in [2.45, 2.75) is 44.8 Å². The van der Waals surface area contributed by atoms with Crippen LogP contribution in [0.25, 0.3) is 0 Å². The number of rotatable bonds is 6. The maximum absolute atomic E-state index is 5.70. The first kappa shape index (κ1) is 14.0. The van der Waals surface area contributed by atoms with Crippen molar-refractivity contribution < 1.29 is 4.74 Å². The van der Waals surface area contributed by atoms with Crippen LogP contribution in [0.1, 0.15) is 37.7 Å². The molecular weight excluding hydrogens is 290 g/mol. The molecule has 1 aliphatic carbocycles. The van der Waals surface area contributed by atoms with Crippen LogP contribution >= 0.6 is 15.9 Å². The fourth-order valence-electron chi connectivity index (χ4n) is 2.44. The Morgan fingerprint density at radius 3 is 2.72 bits per heavy atom. The minimum Gasteiger partial charge on any atom is -0.375 e. The van der Waals surface area contributed by atoms with E-state index < -0.39 is 0 Å². The summed E-state index contributed by atoms with van der Waals surface area (Å²) in [6, 6.07) is 8.95. The molecule has 2 rings (SSSR count). The highest BCUT2D eigenvalue weighted by Gasteiger charge is 2.11. The standard InChI is InChI=1S/C15H22BrNO/c16-15-9-5-4-6-13(15)12-18-11-10-17-14-7-2-1-3-8-14/h4-6,9,14,17H,1-3,7-8,10-12H2. The first-order valence-electron chi connectivity index (χ1n) is 6.91. The molecule has 0 radical (unpaired) electrons. The van der Waals surface area contributed by atoms with E-state index in [1.807, 2.05) is 12.1 Å². The summed E-state index contributed by atoms with van der Waals surface area (Å²) < 4.78 is 6.83. The van der Waals surface area contributed by atoms with E-state index in [0.717, 1.165) is 23.7 Å². The average Bonchev–Trinajstić information content (AvgIpc) is 2.42. The molecule has 0 atom stereocenters. The summed E-state index contributed by atoms with van der Waals surface area (Å²) in [6.07, 6.45) is 6.86. The number of hydrogen-bond acceptors (Lipinski definition) is 2. The van der Waals surface area contributed by atoms with Gasteiger partial charge in [-0.3, -0.25) is 0 Å². The van der Waals surface area contributed by atoms with Gasteiger partial charge in [-0.1, -0.05) is 53.4 Å². The summed E-state index contributed by atoms with van der Waals surface area (Å²) in [5.41, 5.74) is 1.22. The van der Waals surface area contributed by atoms with Crippen LogP contribution in [0.15, 0.2) is 28.7 Å². The Kier molecular flexibility index (Phi) is 6.18. The molecular formula is C15H22BrNO. The summed E-state index contributed by atoms with van der Waals surface area (Å²) in [4.78, 5) is 0. The molecule has 2 nitrogen and oxygen atoms in total. The lowest BCUT2D eigenvalue weighted by Crippen LogP contribution is -2.33. The van der Waals surface area contributed by atoms with Crippen molar-refractivity contribution in [3.63, 3.8) is 0 Å². The normalized spacial score (nSPS) is 16.9. The van der Waals surface area contributed by atoms with E-state index in [4.69, 9.17) is 4.74 Å². The molecule has 1 saturated carbocycles. The highest BCUT2D eigenvalue weighted by atomic mass is 79.9. The summed E-state index contributed by atoms with van der Waals surface area (Å²) in [6.45, 7) is 2.45. The first-order chi connectivity index (χ1) is 8.86. The summed E-state index contributed by atoms with van der Waals surface area (Å²) in [7, 11) is 0. The van der Waals surface area contributed by atoms with Crippen molar-refractivity contribution in [1.82, 2.24) is 5.32 Å². The Bertz CT molecular complexity index is 350. The lowest BCUT2D eigenvalue weighted by atomic mass is 9.96. The second kappa shape index (κ2) is 7.93. The van der Waals surface area contributed by atoms with Gasteiger partial charge < -0.3 is 10.1 Å². The van der Waals surface area contributed by atoms with Crippen molar-refractivity contribution in [3.05, 3.63) is 34.3 Å². The third-order valence-electron chi connectivity index (χ3n) is 3.50. The van der Waals surface area contributed by atoms with Crippen LogP contribution in [0.2, 0.25) is 0 Å². The zero-order valence-corrected chi connectivity index (χ0v) is 12.4. The number of hydrogen-bond donors (Lipinski definition) is 1. The monoisotopic (exact) mass is 311 g/mol. The maximum atomic E-state index is 5.70. The van der Waals surface area contributed by atoms with Gasteiger partial charge in [-0.25, -0.2) is 0 Å². The van der Waals surface area contributed by atoms with Gasteiger partial charge in [0.05, 0.1) is 13.2 Å². The molecule has 1 aliphatic rings. The Morgan fingerprint density at radius 2 is 1.94 bits per heavy atom. The lowest BCUT2D eigenvalue weighted by molar-refractivity contribution is 0.119. The second-order valence-electron chi connectivity index (χ2n) is 4.93. The van der Waals surface area contributed by atoms with Crippen LogP contribution < -0.4 is 5.32 Å². The Labute approximate surface area is 118 Å². The minimum atomic E-state index is 0.688. The van der Waals surface area contributed by atoms with Gasteiger partial charge in [0.2, 0.25) is 0 Å². The van der Waals surface area contributed by atoms with Crippen molar-refractivity contribution >= 4 is 15.9 Å². The molecule has 0 saturated heterocycles. The number of ether oxygens (including phenoxy) is 1. The van der Waals surface area contributed by atoms with E-state index in [1.54, 1.807) is 0 Å². The molecule has 3 heteroatoms. The molecule has 0 unspecified atom stereocenters. The molecule has 0 amide bonds. The van der Waals surface area contributed by atoms with Gasteiger partial charge in [0.1, 0.15) is 0 Å². The average molecular weight is 312 g/mol. The van der Waals surface area contributed by atoms with Crippen LogP contribution in [0.3, 0.4) is 0 Å². The fourth-order valence-corrected chi connectivity index (χ4v) is 2.84. The smallest absolute Gasteiger partial charge is 0.0728 e. The van der Waals surface area contributed by atoms with Crippen LogP contribution in [-0.4, -0.2) is 19.2 Å². The van der Waals surface area contributed by atoms with Crippen molar-refractivity contribution in [1.29, 1.82) is 0 Å². The molecule has 1 N–H and O–H groups in total. The largest absolute Gasteiger partial charge is 0.375 e. The fraction of sp³-hybridized carbons (Fsp3) is 0.600. The number of nitrogens with one attached hydrogen (secondary N) is 1. The molecule has 0 aromatic heterocycles. The predicted octanol–water partition coefficient (Wildman–Crippen LogP) is 3.89. The van der Waals surface area contributed by atoms with E-state index in [2.05, 4.69) is 33.4 Å². The minimum absolute atomic E-state index is 0.688. The number of halogens is 1. The molecule has 1 fully saturated rings. The van der Waals surface area contributed by atoms with Crippen molar-refractivity contribution in [2.75, 3.05) is 13.2 Å². The van der Waals surface area contributed by atoms with Crippen molar-refractivity contribution in [2.24, 2.45) is 0 Å². The van der Waals surface area contributed by atoms with Crippen LogP contribution in [-0.2, 0) is 11.3 Å². The van der Waals surface area contributed by atoms with E-state index in [0.29, 0.717) is 6.61 Å². The van der Waals surface area contributed by atoms with E-state index in [9.17, 15) is 0 Å². The second-order valence-corrected chi connectivity index (χ2v) is 5.79. The third-order valence-corrected chi connectivity index (χ3v) is 4.27. The highest BCUT2D eigenvalue weighted by molar-refractivity contribution is 9.10. The molecule has 0 heterocycles. The Morgan fingerprint density at radius 1 is 1.17 bits per heavy atom. The molecule has 18 heavy (non-hydrogen) atoms. The van der Waals surface area contributed by atoms with Crippen LogP contribution in [0, 0.1) is 0 Å². The van der Waals surface area contributed by atoms with Gasteiger partial charge in [-0.05, 0) is 24.5 Å². The van der Waals surface area contributed by atoms with Gasteiger partial charge in [0.25, 0.3) is 0 Å². The molecule has 1 aromatic rings. The van der Waals surface area contributed by atoms with Gasteiger partial charge in [0.15, 0.2) is 0 Å². The van der Waals surface area contributed by atoms with Gasteiger partial charge in [-0.2, -0.15) is 0 Å². The van der Waals surface area contributed by atoms with Gasteiger partial charge in [0, 0.05) is 17.1 Å².